The fourth-order valence-electron chi connectivity index (χ4n) is 3.92. The van der Waals surface area contributed by atoms with E-state index in [4.69, 9.17) is 9.47 Å². The van der Waals surface area contributed by atoms with Crippen LogP contribution >= 0.6 is 0 Å². The molecule has 7 heteroatoms. The van der Waals surface area contributed by atoms with E-state index in [-0.39, 0.29) is 31.2 Å². The summed E-state index contributed by atoms with van der Waals surface area (Å²) in [6, 6.07) is 9.10. The molecule has 0 spiro atoms. The zero-order valence-electron chi connectivity index (χ0n) is 18.1. The molecule has 162 valence electrons. The van der Waals surface area contributed by atoms with Crippen molar-refractivity contribution in [1.29, 1.82) is 0 Å². The Balaban J connectivity index is 0.00000145. The Hall–Kier alpha value is -2.28. The van der Waals surface area contributed by atoms with E-state index in [1.165, 1.54) is 0 Å². The van der Waals surface area contributed by atoms with Crippen molar-refractivity contribution in [3.8, 4) is 0 Å². The minimum atomic E-state index is -0.587. The summed E-state index contributed by atoms with van der Waals surface area (Å²) >= 11 is 0. The Kier molecular flexibility index (Phi) is 7.90. The van der Waals surface area contributed by atoms with E-state index in [0.717, 1.165) is 5.56 Å². The van der Waals surface area contributed by atoms with Crippen LogP contribution in [0.5, 0.6) is 0 Å². The molecule has 1 N–H and O–H groups in total. The van der Waals surface area contributed by atoms with Crippen LogP contribution in [-0.2, 0) is 16.1 Å². The third kappa shape index (κ3) is 5.63. The van der Waals surface area contributed by atoms with Crippen molar-refractivity contribution < 1.29 is 24.2 Å². The van der Waals surface area contributed by atoms with Crippen LogP contribution in [0.2, 0.25) is 0 Å². The van der Waals surface area contributed by atoms with Crippen LogP contribution in [0, 0.1) is 5.92 Å². The lowest BCUT2D eigenvalue weighted by Gasteiger charge is -2.30. The van der Waals surface area contributed by atoms with E-state index in [1.54, 1.807) is 9.80 Å². The fourth-order valence-corrected chi connectivity index (χ4v) is 3.92. The maximum atomic E-state index is 12.6. The Labute approximate surface area is 173 Å². The molecule has 0 aliphatic carbocycles. The average molecular weight is 407 g/mol. The lowest BCUT2D eigenvalue weighted by atomic mass is 10.0. The largest absolute Gasteiger partial charge is 0.445 e. The van der Waals surface area contributed by atoms with Crippen molar-refractivity contribution in [3.63, 3.8) is 0 Å². The predicted octanol–water partition coefficient (Wildman–Crippen LogP) is 3.65. The van der Waals surface area contributed by atoms with Crippen LogP contribution in [0.25, 0.3) is 0 Å². The highest BCUT2D eigenvalue weighted by atomic mass is 16.6. The quantitative estimate of drug-likeness (QED) is 0.829. The highest BCUT2D eigenvalue weighted by molar-refractivity contribution is 5.72. The molecule has 0 aromatic heterocycles. The highest BCUT2D eigenvalue weighted by Crippen LogP contribution is 2.36. The molecule has 1 aromatic rings. The van der Waals surface area contributed by atoms with Crippen LogP contribution in [0.1, 0.15) is 46.6 Å². The minimum Gasteiger partial charge on any atom is -0.445 e. The van der Waals surface area contributed by atoms with Crippen molar-refractivity contribution in [3.05, 3.63) is 35.9 Å². The van der Waals surface area contributed by atoms with Crippen LogP contribution in [0.4, 0.5) is 9.59 Å². The number of amides is 2. The van der Waals surface area contributed by atoms with Crippen LogP contribution < -0.4 is 0 Å². The number of hydrogen-bond acceptors (Lipinski definition) is 5. The second-order valence-electron chi connectivity index (χ2n) is 8.16. The number of carbonyl (C=O) groups excluding carboxylic acids is 2. The van der Waals surface area contributed by atoms with Gasteiger partial charge in [-0.2, -0.15) is 0 Å². The molecule has 2 fully saturated rings. The van der Waals surface area contributed by atoms with Crippen molar-refractivity contribution in [2.75, 3.05) is 19.7 Å². The van der Waals surface area contributed by atoms with Gasteiger partial charge in [0.2, 0.25) is 0 Å². The summed E-state index contributed by atoms with van der Waals surface area (Å²) in [7, 11) is 0. The van der Waals surface area contributed by atoms with Gasteiger partial charge in [0, 0.05) is 25.6 Å². The maximum absolute atomic E-state index is 12.6. The molecule has 3 rings (SSSR count). The number of aliphatic hydroxyl groups excluding tert-OH is 1. The van der Waals surface area contributed by atoms with Gasteiger partial charge in [-0.25, -0.2) is 9.59 Å². The van der Waals surface area contributed by atoms with Gasteiger partial charge in [-0.1, -0.05) is 44.2 Å². The molecule has 2 heterocycles. The molecule has 2 aliphatic heterocycles. The first-order valence-electron chi connectivity index (χ1n) is 10.4. The lowest BCUT2D eigenvalue weighted by molar-refractivity contribution is 0.0167. The summed E-state index contributed by atoms with van der Waals surface area (Å²) in [4.78, 5) is 28.5. The van der Waals surface area contributed by atoms with Crippen molar-refractivity contribution in [1.82, 2.24) is 9.80 Å². The Morgan fingerprint density at radius 2 is 1.76 bits per heavy atom. The molecule has 2 amide bonds. The number of rotatable bonds is 3. The predicted molar refractivity (Wildman–Crippen MR) is 110 cm³/mol. The molecular weight excluding hydrogens is 372 g/mol. The van der Waals surface area contributed by atoms with Crippen molar-refractivity contribution in [2.45, 2.75) is 65.3 Å². The number of likely N-dealkylation sites (tertiary alicyclic amines) is 2. The molecule has 7 nitrogen and oxygen atoms in total. The smallest absolute Gasteiger partial charge is 0.410 e. The molecule has 1 aromatic carbocycles. The number of ether oxygens (including phenoxy) is 2. The number of fused-ring (bicyclic) bond motifs is 1. The Morgan fingerprint density at radius 1 is 1.10 bits per heavy atom. The molecular formula is C22H34N2O5. The topological polar surface area (TPSA) is 79.3 Å². The molecule has 0 saturated carbocycles. The average Bonchev–Trinajstić information content (AvgIpc) is 3.27. The number of benzene rings is 1. The summed E-state index contributed by atoms with van der Waals surface area (Å²) < 4.78 is 11.0. The SMILES string of the molecule is CC.CC(C)(C)OC(=O)N1CCC2C1[C@@H](CO)CN2C(=O)OCc1ccccc1. The van der Waals surface area contributed by atoms with E-state index in [1.807, 2.05) is 65.0 Å². The van der Waals surface area contributed by atoms with Crippen molar-refractivity contribution in [2.24, 2.45) is 5.92 Å². The van der Waals surface area contributed by atoms with Gasteiger partial charge in [0.1, 0.15) is 12.2 Å². The number of nitrogens with zero attached hydrogens (tertiary/aromatic N) is 2. The van der Waals surface area contributed by atoms with Crippen molar-refractivity contribution >= 4 is 12.2 Å². The van der Waals surface area contributed by atoms with Gasteiger partial charge in [0.15, 0.2) is 0 Å². The summed E-state index contributed by atoms with van der Waals surface area (Å²) in [6.07, 6.45) is -0.148. The highest BCUT2D eigenvalue weighted by Gasteiger charge is 2.52. The number of hydrogen-bond donors (Lipinski definition) is 1. The number of carbonyl (C=O) groups is 2. The Morgan fingerprint density at radius 3 is 2.34 bits per heavy atom. The fraction of sp³-hybridized carbons (Fsp3) is 0.636. The zero-order chi connectivity index (χ0) is 21.6. The van der Waals surface area contributed by atoms with E-state index in [9.17, 15) is 14.7 Å². The standard InChI is InChI=1S/C20H28N2O5.C2H6/c1-20(2,3)27-19(25)21-10-9-16-17(21)15(12-23)11-22(16)18(24)26-13-14-7-5-4-6-8-14;1-2/h4-8,15-17,23H,9-13H2,1-3H3;1-2H3/t15-,16?,17?;/m1./s1. The molecule has 29 heavy (non-hydrogen) atoms. The van der Waals surface area contributed by atoms with Crippen LogP contribution in [-0.4, -0.2) is 64.5 Å². The normalized spacial score (nSPS) is 23.2. The summed E-state index contributed by atoms with van der Waals surface area (Å²) in [5, 5.41) is 9.80. The van der Waals surface area contributed by atoms with Gasteiger partial charge >= 0.3 is 12.2 Å². The first-order chi connectivity index (χ1) is 13.8. The van der Waals surface area contributed by atoms with Gasteiger partial charge in [-0.05, 0) is 32.8 Å². The van der Waals surface area contributed by atoms with E-state index >= 15 is 0 Å². The number of aliphatic hydroxyl groups is 1. The van der Waals surface area contributed by atoms with Gasteiger partial charge in [0.25, 0.3) is 0 Å². The van der Waals surface area contributed by atoms with Gasteiger partial charge < -0.3 is 24.4 Å². The van der Waals surface area contributed by atoms with E-state index in [0.29, 0.717) is 19.5 Å². The van der Waals surface area contributed by atoms with E-state index in [2.05, 4.69) is 0 Å². The molecule has 2 saturated heterocycles. The summed E-state index contributed by atoms with van der Waals surface area (Å²) in [6.45, 7) is 10.5. The molecule has 0 bridgehead atoms. The molecule has 0 radical (unpaired) electrons. The molecule has 2 aliphatic rings. The maximum Gasteiger partial charge on any atom is 0.410 e. The minimum absolute atomic E-state index is 0.0943. The molecule has 2 unspecified atom stereocenters. The van der Waals surface area contributed by atoms with Gasteiger partial charge in [-0.15, -0.1) is 0 Å². The summed E-state index contributed by atoms with van der Waals surface area (Å²) in [5.41, 5.74) is 0.332. The second-order valence-corrected chi connectivity index (χ2v) is 8.16. The molecule has 3 atom stereocenters. The van der Waals surface area contributed by atoms with Crippen LogP contribution in [0.3, 0.4) is 0 Å². The zero-order valence-corrected chi connectivity index (χ0v) is 18.1. The second kappa shape index (κ2) is 9.96. The first kappa shape index (κ1) is 23.0. The lowest BCUT2D eigenvalue weighted by Crippen LogP contribution is -2.45. The van der Waals surface area contributed by atoms with Crippen LogP contribution in [0.15, 0.2) is 30.3 Å². The third-order valence-electron chi connectivity index (χ3n) is 5.04. The van der Waals surface area contributed by atoms with E-state index < -0.39 is 17.8 Å². The monoisotopic (exact) mass is 406 g/mol. The first-order valence-corrected chi connectivity index (χ1v) is 10.4. The Bertz CT molecular complexity index is 674. The van der Waals surface area contributed by atoms with Gasteiger partial charge in [-0.3, -0.25) is 0 Å². The third-order valence-corrected chi connectivity index (χ3v) is 5.04. The summed E-state index contributed by atoms with van der Waals surface area (Å²) in [5.74, 6) is -0.200. The van der Waals surface area contributed by atoms with Gasteiger partial charge in [0.05, 0.1) is 12.1 Å².